The molecule has 1 aromatic carbocycles. The van der Waals surface area contributed by atoms with Gasteiger partial charge in [0.1, 0.15) is 18.0 Å². The van der Waals surface area contributed by atoms with E-state index in [0.29, 0.717) is 6.61 Å². The van der Waals surface area contributed by atoms with E-state index in [0.717, 1.165) is 37.7 Å². The molecular weight excluding hydrogens is 286 g/mol. The summed E-state index contributed by atoms with van der Waals surface area (Å²) in [6.07, 6.45) is 7.74. The second-order valence-corrected chi connectivity index (χ2v) is 7.42. The largest absolute Gasteiger partial charge is 0.490 e. The monoisotopic (exact) mass is 317 g/mol. The van der Waals surface area contributed by atoms with Crippen LogP contribution >= 0.6 is 0 Å². The first kappa shape index (κ1) is 16.8. The van der Waals surface area contributed by atoms with Crippen molar-refractivity contribution in [2.24, 2.45) is 0 Å². The van der Waals surface area contributed by atoms with E-state index in [1.807, 2.05) is 7.11 Å². The van der Waals surface area contributed by atoms with Crippen LogP contribution in [0.3, 0.4) is 0 Å². The fraction of sp³-hybridized carbons (Fsp3) is 0.700. The van der Waals surface area contributed by atoms with Crippen molar-refractivity contribution in [3.05, 3.63) is 29.3 Å². The lowest BCUT2D eigenvalue weighted by atomic mass is 9.91. The summed E-state index contributed by atoms with van der Waals surface area (Å²) in [6.45, 7) is 7.19. The molecule has 0 atom stereocenters. The molecule has 1 aliphatic heterocycles. The van der Waals surface area contributed by atoms with E-state index < -0.39 is 0 Å². The minimum atomic E-state index is -0.119. The molecular formula is C20H31NO2. The Morgan fingerprint density at radius 1 is 1.13 bits per heavy atom. The maximum atomic E-state index is 6.14. The van der Waals surface area contributed by atoms with Crippen molar-refractivity contribution in [3.63, 3.8) is 0 Å². The van der Waals surface area contributed by atoms with Gasteiger partial charge in [0.15, 0.2) is 0 Å². The van der Waals surface area contributed by atoms with Crippen molar-refractivity contribution in [1.29, 1.82) is 0 Å². The van der Waals surface area contributed by atoms with E-state index in [4.69, 9.17) is 9.47 Å². The van der Waals surface area contributed by atoms with Crippen LogP contribution in [-0.4, -0.2) is 43.3 Å². The fourth-order valence-electron chi connectivity index (χ4n) is 4.14. The Morgan fingerprint density at radius 3 is 2.43 bits per heavy atom. The van der Waals surface area contributed by atoms with Crippen LogP contribution in [-0.2, 0) is 4.74 Å². The van der Waals surface area contributed by atoms with E-state index >= 15 is 0 Å². The Bertz CT molecular complexity index is 514. The van der Waals surface area contributed by atoms with E-state index in [1.54, 1.807) is 0 Å². The molecule has 0 radical (unpaired) electrons. The Labute approximate surface area is 141 Å². The molecule has 0 amide bonds. The van der Waals surface area contributed by atoms with Gasteiger partial charge in [-0.3, -0.25) is 0 Å². The van der Waals surface area contributed by atoms with Crippen LogP contribution in [0, 0.1) is 13.8 Å². The third kappa shape index (κ3) is 3.89. The highest BCUT2D eigenvalue weighted by Gasteiger charge is 2.37. The molecule has 1 aromatic rings. The lowest BCUT2D eigenvalue weighted by Gasteiger charge is -2.42. The van der Waals surface area contributed by atoms with Crippen LogP contribution in [0.25, 0.3) is 0 Å². The second-order valence-electron chi connectivity index (χ2n) is 7.42. The normalized spacial score (nSPS) is 22.4. The van der Waals surface area contributed by atoms with Crippen molar-refractivity contribution < 1.29 is 9.47 Å². The van der Waals surface area contributed by atoms with Gasteiger partial charge in [-0.2, -0.15) is 0 Å². The summed E-state index contributed by atoms with van der Waals surface area (Å²) in [5.41, 5.74) is 2.37. The number of ether oxygens (including phenoxy) is 2. The Morgan fingerprint density at radius 2 is 1.83 bits per heavy atom. The van der Waals surface area contributed by atoms with Crippen LogP contribution in [0.5, 0.6) is 5.75 Å². The quantitative estimate of drug-likeness (QED) is 0.816. The van der Waals surface area contributed by atoms with Crippen molar-refractivity contribution in [3.8, 4) is 5.75 Å². The summed E-state index contributed by atoms with van der Waals surface area (Å²) in [6, 6.07) is 7.20. The minimum absolute atomic E-state index is 0.119. The molecule has 0 unspecified atom stereocenters. The van der Waals surface area contributed by atoms with Crippen LogP contribution < -0.4 is 4.74 Å². The van der Waals surface area contributed by atoms with Gasteiger partial charge in [-0.1, -0.05) is 30.5 Å². The molecule has 3 nitrogen and oxygen atoms in total. The molecule has 0 aromatic heterocycles. The highest BCUT2D eigenvalue weighted by atomic mass is 16.5. The van der Waals surface area contributed by atoms with Gasteiger partial charge in [0.2, 0.25) is 0 Å². The Kier molecular flexibility index (Phi) is 5.27. The number of hydrogen-bond acceptors (Lipinski definition) is 3. The maximum Gasteiger partial charge on any atom is 0.122 e. The molecule has 0 bridgehead atoms. The van der Waals surface area contributed by atoms with Gasteiger partial charge in [-0.05, 0) is 51.2 Å². The number of piperidine rings is 1. The van der Waals surface area contributed by atoms with Gasteiger partial charge in [-0.15, -0.1) is 0 Å². The number of aryl methyl sites for hydroxylation is 2. The predicted octanol–water partition coefficient (Wildman–Crippen LogP) is 4.11. The molecule has 3 heteroatoms. The van der Waals surface area contributed by atoms with Crippen molar-refractivity contribution >= 4 is 0 Å². The van der Waals surface area contributed by atoms with Gasteiger partial charge >= 0.3 is 0 Å². The van der Waals surface area contributed by atoms with Crippen molar-refractivity contribution in [2.75, 3.05) is 26.8 Å². The molecule has 1 heterocycles. The average Bonchev–Trinajstić information content (AvgIpc) is 3.09. The zero-order chi connectivity index (χ0) is 16.3. The number of methoxy groups -OCH3 is 1. The molecule has 128 valence electrons. The zero-order valence-corrected chi connectivity index (χ0v) is 14.9. The zero-order valence-electron chi connectivity index (χ0n) is 14.9. The van der Waals surface area contributed by atoms with E-state index in [-0.39, 0.29) is 5.60 Å². The number of rotatable bonds is 5. The second kappa shape index (κ2) is 7.23. The molecule has 1 saturated carbocycles. The van der Waals surface area contributed by atoms with Crippen molar-refractivity contribution in [1.82, 2.24) is 4.90 Å². The number of likely N-dealkylation sites (tertiary alicyclic amines) is 1. The van der Waals surface area contributed by atoms with Gasteiger partial charge in [0.05, 0.1) is 0 Å². The lowest BCUT2D eigenvalue weighted by Crippen LogP contribution is -2.51. The molecule has 0 spiro atoms. The molecule has 3 rings (SSSR count). The first-order valence-corrected chi connectivity index (χ1v) is 9.11. The average molecular weight is 317 g/mol. The van der Waals surface area contributed by atoms with Gasteiger partial charge in [-0.25, -0.2) is 0 Å². The summed E-state index contributed by atoms with van der Waals surface area (Å²) in [4.78, 5) is 2.68. The first-order chi connectivity index (χ1) is 11.1. The summed E-state index contributed by atoms with van der Waals surface area (Å²) >= 11 is 0. The minimum Gasteiger partial charge on any atom is -0.490 e. The Hall–Kier alpha value is -1.06. The van der Waals surface area contributed by atoms with Crippen LogP contribution in [0.4, 0.5) is 0 Å². The molecule has 2 fully saturated rings. The van der Waals surface area contributed by atoms with Crippen LogP contribution in [0.1, 0.15) is 49.7 Å². The SMILES string of the molecule is COC1(COc2ccc(C)cc2C)CCN(C2CCCC2)CC1. The maximum absolute atomic E-state index is 6.14. The standard InChI is InChI=1S/C20H31NO2/c1-16-8-9-19(17(2)14-16)23-15-20(22-3)10-12-21(13-11-20)18-6-4-5-7-18/h8-9,14,18H,4-7,10-13,15H2,1-3H3. The molecule has 1 saturated heterocycles. The summed E-state index contributed by atoms with van der Waals surface area (Å²) < 4.78 is 12.1. The molecule has 23 heavy (non-hydrogen) atoms. The van der Waals surface area contributed by atoms with Crippen molar-refractivity contribution in [2.45, 2.75) is 64.0 Å². The van der Waals surface area contributed by atoms with E-state index in [1.165, 1.54) is 36.8 Å². The smallest absolute Gasteiger partial charge is 0.122 e. The van der Waals surface area contributed by atoms with Crippen LogP contribution in [0.15, 0.2) is 18.2 Å². The molecule has 2 aliphatic rings. The summed E-state index contributed by atoms with van der Waals surface area (Å²) in [7, 11) is 1.84. The summed E-state index contributed by atoms with van der Waals surface area (Å²) in [5, 5.41) is 0. The number of hydrogen-bond donors (Lipinski definition) is 0. The van der Waals surface area contributed by atoms with E-state index in [2.05, 4.69) is 36.9 Å². The molecule has 1 aliphatic carbocycles. The topological polar surface area (TPSA) is 21.7 Å². The molecule has 0 N–H and O–H groups in total. The summed E-state index contributed by atoms with van der Waals surface area (Å²) in [5.74, 6) is 0.991. The highest BCUT2D eigenvalue weighted by molar-refractivity contribution is 5.35. The third-order valence-electron chi connectivity index (χ3n) is 5.80. The van der Waals surface area contributed by atoms with Gasteiger partial charge in [0.25, 0.3) is 0 Å². The highest BCUT2D eigenvalue weighted by Crippen LogP contribution is 2.32. The van der Waals surface area contributed by atoms with Gasteiger partial charge in [0, 0.05) is 26.2 Å². The Balaban J connectivity index is 1.57. The number of benzene rings is 1. The van der Waals surface area contributed by atoms with Gasteiger partial charge < -0.3 is 14.4 Å². The lowest BCUT2D eigenvalue weighted by molar-refractivity contribution is -0.0878. The third-order valence-corrected chi connectivity index (χ3v) is 5.80. The predicted molar refractivity (Wildman–Crippen MR) is 94.2 cm³/mol. The van der Waals surface area contributed by atoms with E-state index in [9.17, 15) is 0 Å². The fourth-order valence-corrected chi connectivity index (χ4v) is 4.14. The number of nitrogens with zero attached hydrogens (tertiary/aromatic N) is 1. The van der Waals surface area contributed by atoms with Crippen LogP contribution in [0.2, 0.25) is 0 Å². The first-order valence-electron chi connectivity index (χ1n) is 9.11.